The summed E-state index contributed by atoms with van der Waals surface area (Å²) in [5.74, 6) is -0.597. The number of aromatic nitrogens is 3. The third-order valence-corrected chi connectivity index (χ3v) is 5.17. The minimum Gasteiger partial charge on any atom is -0.385 e. The lowest BCUT2D eigenvalue weighted by Gasteiger charge is -2.09. The van der Waals surface area contributed by atoms with Crippen LogP contribution in [-0.2, 0) is 22.6 Å². The van der Waals surface area contributed by atoms with E-state index in [-0.39, 0.29) is 23.8 Å². The van der Waals surface area contributed by atoms with Crippen LogP contribution in [0.15, 0.2) is 59.5 Å². The Kier molecular flexibility index (Phi) is 6.08. The minimum absolute atomic E-state index is 0.167. The fourth-order valence-electron chi connectivity index (χ4n) is 3.68. The Labute approximate surface area is 178 Å². The van der Waals surface area contributed by atoms with Crippen molar-refractivity contribution >= 4 is 27.7 Å². The maximum absolute atomic E-state index is 13.3. The number of amides is 1. The average Bonchev–Trinajstić information content (AvgIpc) is 3.09. The first-order valence-corrected chi connectivity index (χ1v) is 10.1. The van der Waals surface area contributed by atoms with Crippen molar-refractivity contribution in [2.45, 2.75) is 19.5 Å². The van der Waals surface area contributed by atoms with Gasteiger partial charge in [-0.25, -0.2) is 9.07 Å². The molecule has 0 fully saturated rings. The molecule has 8 heteroatoms. The molecule has 31 heavy (non-hydrogen) atoms. The van der Waals surface area contributed by atoms with Crippen molar-refractivity contribution in [1.29, 1.82) is 0 Å². The van der Waals surface area contributed by atoms with Gasteiger partial charge in [-0.05, 0) is 30.2 Å². The van der Waals surface area contributed by atoms with Crippen molar-refractivity contribution in [2.24, 2.45) is 0 Å². The molecule has 1 N–H and O–H groups in total. The molecule has 0 bridgehead atoms. The zero-order chi connectivity index (χ0) is 21.8. The molecule has 4 rings (SSSR count). The standard InChI is InChI=1S/C23H23FN4O3/c1-31-12-4-11-25-21(29)15-28-23(30)22-19(13-26-28)18-5-2-3-6-20(18)27(22)14-16-7-9-17(24)10-8-16/h2-3,5-10,13H,4,11-12,14-15H2,1H3,(H,25,29). The second-order valence-electron chi connectivity index (χ2n) is 7.30. The summed E-state index contributed by atoms with van der Waals surface area (Å²) in [5, 5.41) is 8.62. The molecule has 0 saturated heterocycles. The van der Waals surface area contributed by atoms with Gasteiger partial charge in [0.2, 0.25) is 5.91 Å². The van der Waals surface area contributed by atoms with E-state index in [2.05, 4.69) is 10.4 Å². The number of fused-ring (bicyclic) bond motifs is 3. The van der Waals surface area contributed by atoms with E-state index >= 15 is 0 Å². The number of methoxy groups -OCH3 is 1. The Morgan fingerprint density at radius 3 is 2.68 bits per heavy atom. The molecule has 0 unspecified atom stereocenters. The van der Waals surface area contributed by atoms with Gasteiger partial charge in [0.15, 0.2) is 0 Å². The number of ether oxygens (including phenoxy) is 1. The quantitative estimate of drug-likeness (QED) is 0.443. The van der Waals surface area contributed by atoms with Crippen molar-refractivity contribution < 1.29 is 13.9 Å². The first-order chi connectivity index (χ1) is 15.1. The van der Waals surface area contributed by atoms with Crippen LogP contribution in [0.1, 0.15) is 12.0 Å². The van der Waals surface area contributed by atoms with E-state index < -0.39 is 0 Å². The molecule has 0 aliphatic rings. The van der Waals surface area contributed by atoms with Crippen LogP contribution in [-0.4, -0.2) is 40.5 Å². The Morgan fingerprint density at radius 2 is 1.90 bits per heavy atom. The molecule has 0 radical (unpaired) electrons. The van der Waals surface area contributed by atoms with Gasteiger partial charge in [-0.2, -0.15) is 5.10 Å². The predicted octanol–water partition coefficient (Wildman–Crippen LogP) is 2.69. The minimum atomic E-state index is -0.345. The summed E-state index contributed by atoms with van der Waals surface area (Å²) < 4.78 is 21.4. The van der Waals surface area contributed by atoms with Crippen LogP contribution >= 0.6 is 0 Å². The highest BCUT2D eigenvalue weighted by molar-refractivity contribution is 6.07. The van der Waals surface area contributed by atoms with E-state index in [1.54, 1.807) is 25.4 Å². The SMILES string of the molecule is COCCCNC(=O)Cn1ncc2c3ccccc3n(Cc3ccc(F)cc3)c2c1=O. The van der Waals surface area contributed by atoms with E-state index in [0.29, 0.717) is 31.6 Å². The Hall–Kier alpha value is -3.52. The molecular formula is C23H23FN4O3. The van der Waals surface area contributed by atoms with Crippen molar-refractivity contribution in [1.82, 2.24) is 19.7 Å². The summed E-state index contributed by atoms with van der Waals surface area (Å²) in [4.78, 5) is 25.5. The lowest BCUT2D eigenvalue weighted by molar-refractivity contribution is -0.121. The fraction of sp³-hybridized carbons (Fsp3) is 0.261. The molecule has 0 spiro atoms. The first-order valence-electron chi connectivity index (χ1n) is 10.1. The molecule has 0 atom stereocenters. The summed E-state index contributed by atoms with van der Waals surface area (Å²) in [5.41, 5.74) is 1.86. The van der Waals surface area contributed by atoms with Gasteiger partial charge < -0.3 is 14.6 Å². The van der Waals surface area contributed by atoms with E-state index in [1.807, 2.05) is 28.8 Å². The number of nitrogens with zero attached hydrogens (tertiary/aromatic N) is 3. The van der Waals surface area contributed by atoms with Gasteiger partial charge in [0, 0.05) is 43.1 Å². The number of nitrogens with one attached hydrogen (secondary N) is 1. The maximum atomic E-state index is 13.3. The second kappa shape index (κ2) is 9.09. The molecule has 0 aliphatic carbocycles. The summed E-state index contributed by atoms with van der Waals surface area (Å²) in [6.07, 6.45) is 2.31. The molecule has 4 aromatic rings. The fourth-order valence-corrected chi connectivity index (χ4v) is 3.68. The molecule has 1 amide bonds. The normalized spacial score (nSPS) is 11.3. The van der Waals surface area contributed by atoms with Gasteiger partial charge in [0.05, 0.1) is 6.20 Å². The highest BCUT2D eigenvalue weighted by atomic mass is 19.1. The van der Waals surface area contributed by atoms with E-state index in [0.717, 1.165) is 21.9 Å². The number of para-hydroxylation sites is 1. The highest BCUT2D eigenvalue weighted by Gasteiger charge is 2.17. The monoisotopic (exact) mass is 422 g/mol. The lowest BCUT2D eigenvalue weighted by Crippen LogP contribution is -2.34. The van der Waals surface area contributed by atoms with Gasteiger partial charge in [-0.3, -0.25) is 9.59 Å². The second-order valence-corrected chi connectivity index (χ2v) is 7.30. The number of carbonyl (C=O) groups is 1. The van der Waals surface area contributed by atoms with Crippen molar-refractivity contribution in [3.63, 3.8) is 0 Å². The topological polar surface area (TPSA) is 78.2 Å². The maximum Gasteiger partial charge on any atom is 0.291 e. The summed E-state index contributed by atoms with van der Waals surface area (Å²) in [7, 11) is 1.60. The highest BCUT2D eigenvalue weighted by Crippen LogP contribution is 2.27. The van der Waals surface area contributed by atoms with Crippen molar-refractivity contribution in [3.8, 4) is 0 Å². The molecular weight excluding hydrogens is 399 g/mol. The van der Waals surface area contributed by atoms with E-state index in [9.17, 15) is 14.0 Å². The number of hydrogen-bond donors (Lipinski definition) is 1. The number of hydrogen-bond acceptors (Lipinski definition) is 4. The van der Waals surface area contributed by atoms with Crippen molar-refractivity contribution in [2.75, 3.05) is 20.3 Å². The molecule has 2 aromatic heterocycles. The average molecular weight is 422 g/mol. The van der Waals surface area contributed by atoms with Gasteiger partial charge in [0.25, 0.3) is 5.56 Å². The molecule has 2 heterocycles. The van der Waals surface area contributed by atoms with Gasteiger partial charge in [-0.15, -0.1) is 0 Å². The molecule has 160 valence electrons. The smallest absolute Gasteiger partial charge is 0.291 e. The number of benzene rings is 2. The molecule has 2 aromatic carbocycles. The van der Waals surface area contributed by atoms with Gasteiger partial charge in [0.1, 0.15) is 17.9 Å². The molecule has 0 saturated carbocycles. The number of halogens is 1. The Balaban J connectivity index is 1.72. The largest absolute Gasteiger partial charge is 0.385 e. The summed E-state index contributed by atoms with van der Waals surface area (Å²) >= 11 is 0. The number of carbonyl (C=O) groups excluding carboxylic acids is 1. The number of rotatable bonds is 8. The zero-order valence-electron chi connectivity index (χ0n) is 17.2. The van der Waals surface area contributed by atoms with Crippen LogP contribution in [0, 0.1) is 5.82 Å². The molecule has 7 nitrogen and oxygen atoms in total. The third-order valence-electron chi connectivity index (χ3n) is 5.17. The van der Waals surface area contributed by atoms with Crippen LogP contribution < -0.4 is 10.9 Å². The van der Waals surface area contributed by atoms with Crippen LogP contribution in [0.4, 0.5) is 4.39 Å². The van der Waals surface area contributed by atoms with Crippen LogP contribution in [0.25, 0.3) is 21.8 Å². The van der Waals surface area contributed by atoms with Gasteiger partial charge >= 0.3 is 0 Å². The predicted molar refractivity (Wildman–Crippen MR) is 117 cm³/mol. The van der Waals surface area contributed by atoms with Crippen LogP contribution in [0.2, 0.25) is 0 Å². The summed E-state index contributed by atoms with van der Waals surface area (Å²) in [6, 6.07) is 13.9. The lowest BCUT2D eigenvalue weighted by atomic mass is 10.2. The third kappa shape index (κ3) is 4.34. The van der Waals surface area contributed by atoms with E-state index in [4.69, 9.17) is 4.74 Å². The molecule has 0 aliphatic heterocycles. The first kappa shape index (κ1) is 20.7. The Bertz CT molecular complexity index is 1280. The summed E-state index contributed by atoms with van der Waals surface area (Å²) in [6.45, 7) is 1.25. The van der Waals surface area contributed by atoms with E-state index in [1.165, 1.54) is 16.8 Å². The van der Waals surface area contributed by atoms with Crippen LogP contribution in [0.3, 0.4) is 0 Å². The zero-order valence-corrected chi connectivity index (χ0v) is 17.2. The Morgan fingerprint density at radius 1 is 1.13 bits per heavy atom. The van der Waals surface area contributed by atoms with Gasteiger partial charge in [-0.1, -0.05) is 30.3 Å². The van der Waals surface area contributed by atoms with Crippen molar-refractivity contribution in [3.05, 3.63) is 76.5 Å². The van der Waals surface area contributed by atoms with Crippen LogP contribution in [0.5, 0.6) is 0 Å².